The summed E-state index contributed by atoms with van der Waals surface area (Å²) < 4.78 is 0. The van der Waals surface area contributed by atoms with E-state index in [0.717, 1.165) is 24.3 Å². The fraction of sp³-hybridized carbons (Fsp3) is 0.583. The molecule has 1 atom stereocenters. The van der Waals surface area contributed by atoms with Gasteiger partial charge in [0, 0.05) is 16.3 Å². The van der Waals surface area contributed by atoms with E-state index < -0.39 is 0 Å². The Labute approximate surface area is 105 Å². The molecule has 4 nitrogen and oxygen atoms in total. The minimum Gasteiger partial charge on any atom is -0.394 e. The lowest BCUT2D eigenvalue weighted by atomic mass is 10.2. The fourth-order valence-corrected chi connectivity index (χ4v) is 2.97. The second kappa shape index (κ2) is 5.51. The van der Waals surface area contributed by atoms with Gasteiger partial charge in [-0.05, 0) is 31.9 Å². The van der Waals surface area contributed by atoms with Gasteiger partial charge < -0.3 is 15.3 Å². The third-order valence-electron chi connectivity index (χ3n) is 3.06. The summed E-state index contributed by atoms with van der Waals surface area (Å²) in [6, 6.07) is 4.03. The number of urea groups is 1. The van der Waals surface area contributed by atoms with Crippen molar-refractivity contribution >= 4 is 17.4 Å². The molecule has 1 aliphatic heterocycles. The van der Waals surface area contributed by atoms with Gasteiger partial charge >= 0.3 is 6.03 Å². The predicted octanol–water partition coefficient (Wildman–Crippen LogP) is 1.72. The molecule has 0 radical (unpaired) electrons. The normalized spacial score (nSPS) is 19.6. The third kappa shape index (κ3) is 2.98. The topological polar surface area (TPSA) is 52.6 Å². The zero-order chi connectivity index (χ0) is 12.3. The molecule has 2 amide bonds. The molecule has 0 spiro atoms. The number of nitrogens with zero attached hydrogens (tertiary/aromatic N) is 1. The van der Waals surface area contributed by atoms with Gasteiger partial charge in [-0.2, -0.15) is 0 Å². The highest BCUT2D eigenvalue weighted by molar-refractivity contribution is 7.11. The van der Waals surface area contributed by atoms with Gasteiger partial charge in [0.1, 0.15) is 0 Å². The van der Waals surface area contributed by atoms with E-state index in [9.17, 15) is 4.79 Å². The van der Waals surface area contributed by atoms with Gasteiger partial charge in [-0.1, -0.05) is 0 Å². The maximum absolute atomic E-state index is 11.9. The lowest BCUT2D eigenvalue weighted by molar-refractivity contribution is 0.157. The van der Waals surface area contributed by atoms with Gasteiger partial charge in [0.05, 0.1) is 19.2 Å². The number of hydrogen-bond acceptors (Lipinski definition) is 3. The van der Waals surface area contributed by atoms with E-state index in [1.807, 2.05) is 6.07 Å². The van der Waals surface area contributed by atoms with Crippen LogP contribution in [0, 0.1) is 6.92 Å². The minimum atomic E-state index is -0.0624. The summed E-state index contributed by atoms with van der Waals surface area (Å²) in [4.78, 5) is 16.1. The van der Waals surface area contributed by atoms with Crippen molar-refractivity contribution in [1.82, 2.24) is 10.2 Å². The van der Waals surface area contributed by atoms with Crippen LogP contribution in [0.2, 0.25) is 0 Å². The van der Waals surface area contributed by atoms with Crippen LogP contribution in [0.3, 0.4) is 0 Å². The Morgan fingerprint density at radius 3 is 3.12 bits per heavy atom. The fourth-order valence-electron chi connectivity index (χ4n) is 2.14. The third-order valence-corrected chi connectivity index (χ3v) is 4.06. The number of aliphatic hydroxyl groups is 1. The summed E-state index contributed by atoms with van der Waals surface area (Å²) >= 11 is 1.70. The molecule has 0 aromatic carbocycles. The molecular formula is C12H18N2O2S. The summed E-state index contributed by atoms with van der Waals surface area (Å²) in [6.07, 6.45) is 1.89. The second-order valence-corrected chi connectivity index (χ2v) is 5.72. The standard InChI is InChI=1S/C12H18N2O2S/c1-9-4-5-11(17-9)7-13-12(16)14-6-2-3-10(14)8-15/h4-5,10,15H,2-3,6-8H2,1H3,(H,13,16)/t10-/m0/s1. The number of amides is 2. The number of likely N-dealkylation sites (tertiary alicyclic amines) is 1. The van der Waals surface area contributed by atoms with E-state index >= 15 is 0 Å². The summed E-state index contributed by atoms with van der Waals surface area (Å²) in [5, 5.41) is 12.1. The molecule has 0 aliphatic carbocycles. The molecule has 0 unspecified atom stereocenters. The Morgan fingerprint density at radius 1 is 1.65 bits per heavy atom. The maximum Gasteiger partial charge on any atom is 0.318 e. The van der Waals surface area contributed by atoms with Gasteiger partial charge in [0.25, 0.3) is 0 Å². The second-order valence-electron chi connectivity index (χ2n) is 4.34. The number of aryl methyl sites for hydroxylation is 1. The molecule has 2 heterocycles. The van der Waals surface area contributed by atoms with Crippen molar-refractivity contribution in [3.63, 3.8) is 0 Å². The van der Waals surface area contributed by atoms with Crippen molar-refractivity contribution in [3.05, 3.63) is 21.9 Å². The van der Waals surface area contributed by atoms with Crippen molar-refractivity contribution in [2.24, 2.45) is 0 Å². The number of thiophene rings is 1. The Hall–Kier alpha value is -1.07. The lowest BCUT2D eigenvalue weighted by Gasteiger charge is -2.23. The van der Waals surface area contributed by atoms with E-state index in [0.29, 0.717) is 6.54 Å². The summed E-state index contributed by atoms with van der Waals surface area (Å²) in [5.74, 6) is 0. The van der Waals surface area contributed by atoms with Crippen LogP contribution in [0.15, 0.2) is 12.1 Å². The van der Waals surface area contributed by atoms with Gasteiger partial charge in [-0.25, -0.2) is 4.79 Å². The maximum atomic E-state index is 11.9. The summed E-state index contributed by atoms with van der Waals surface area (Å²) in [5.41, 5.74) is 0. The molecule has 17 heavy (non-hydrogen) atoms. The first-order valence-corrected chi connectivity index (χ1v) is 6.73. The average Bonchev–Trinajstić information content (AvgIpc) is 2.94. The number of rotatable bonds is 3. The molecule has 1 aliphatic rings. The van der Waals surface area contributed by atoms with Gasteiger partial charge in [-0.15, -0.1) is 11.3 Å². The number of carbonyl (C=O) groups is 1. The average molecular weight is 254 g/mol. The van der Waals surface area contributed by atoms with Crippen molar-refractivity contribution in [1.29, 1.82) is 0 Å². The van der Waals surface area contributed by atoms with E-state index in [1.54, 1.807) is 16.2 Å². The van der Waals surface area contributed by atoms with Crippen molar-refractivity contribution in [2.45, 2.75) is 32.4 Å². The SMILES string of the molecule is Cc1ccc(CNC(=O)N2CCC[C@H]2CO)s1. The first kappa shape index (κ1) is 12.4. The molecule has 2 rings (SSSR count). The minimum absolute atomic E-state index is 0.0000665. The lowest BCUT2D eigenvalue weighted by Crippen LogP contribution is -2.43. The summed E-state index contributed by atoms with van der Waals surface area (Å²) in [7, 11) is 0. The number of nitrogens with one attached hydrogen (secondary N) is 1. The van der Waals surface area contributed by atoms with Crippen LogP contribution in [0.4, 0.5) is 4.79 Å². The number of hydrogen-bond donors (Lipinski definition) is 2. The highest BCUT2D eigenvalue weighted by Crippen LogP contribution is 2.18. The van der Waals surface area contributed by atoms with Gasteiger partial charge in [0.2, 0.25) is 0 Å². The van der Waals surface area contributed by atoms with Crippen molar-refractivity contribution in [2.75, 3.05) is 13.2 Å². The van der Waals surface area contributed by atoms with Crippen LogP contribution in [0.1, 0.15) is 22.6 Å². The first-order chi connectivity index (χ1) is 8.20. The predicted molar refractivity (Wildman–Crippen MR) is 68.1 cm³/mol. The molecule has 0 bridgehead atoms. The zero-order valence-corrected chi connectivity index (χ0v) is 10.8. The Bertz CT molecular complexity index is 392. The molecule has 94 valence electrons. The van der Waals surface area contributed by atoms with Crippen LogP contribution in [-0.4, -0.2) is 35.2 Å². The molecular weight excluding hydrogens is 236 g/mol. The van der Waals surface area contributed by atoms with E-state index in [1.165, 1.54) is 4.88 Å². The van der Waals surface area contributed by atoms with Gasteiger partial charge in [-0.3, -0.25) is 0 Å². The highest BCUT2D eigenvalue weighted by Gasteiger charge is 2.27. The summed E-state index contributed by atoms with van der Waals surface area (Å²) in [6.45, 7) is 3.44. The molecule has 1 aromatic heterocycles. The molecule has 1 fully saturated rings. The van der Waals surface area contributed by atoms with Crippen LogP contribution in [-0.2, 0) is 6.54 Å². The van der Waals surface area contributed by atoms with Crippen LogP contribution in [0.5, 0.6) is 0 Å². The molecule has 2 N–H and O–H groups in total. The largest absolute Gasteiger partial charge is 0.394 e. The monoisotopic (exact) mass is 254 g/mol. The Balaban J connectivity index is 1.84. The van der Waals surface area contributed by atoms with Crippen LogP contribution >= 0.6 is 11.3 Å². The number of carbonyl (C=O) groups excluding carboxylic acids is 1. The van der Waals surface area contributed by atoms with E-state index in [4.69, 9.17) is 5.11 Å². The molecule has 1 aromatic rings. The smallest absolute Gasteiger partial charge is 0.318 e. The van der Waals surface area contributed by atoms with Gasteiger partial charge in [0.15, 0.2) is 0 Å². The van der Waals surface area contributed by atoms with Crippen molar-refractivity contribution in [3.8, 4) is 0 Å². The van der Waals surface area contributed by atoms with Crippen molar-refractivity contribution < 1.29 is 9.90 Å². The molecule has 5 heteroatoms. The van der Waals surface area contributed by atoms with Crippen LogP contribution < -0.4 is 5.32 Å². The Morgan fingerprint density at radius 2 is 2.47 bits per heavy atom. The first-order valence-electron chi connectivity index (χ1n) is 5.91. The zero-order valence-electron chi connectivity index (χ0n) is 9.98. The molecule has 0 saturated carbocycles. The van der Waals surface area contributed by atoms with E-state index in [2.05, 4.69) is 18.3 Å². The Kier molecular flexibility index (Phi) is 4.02. The molecule has 1 saturated heterocycles. The van der Waals surface area contributed by atoms with Crippen LogP contribution in [0.25, 0.3) is 0 Å². The quantitative estimate of drug-likeness (QED) is 0.863. The number of aliphatic hydroxyl groups excluding tert-OH is 1. The van der Waals surface area contributed by atoms with E-state index in [-0.39, 0.29) is 18.7 Å². The highest BCUT2D eigenvalue weighted by atomic mass is 32.1.